The second-order valence-corrected chi connectivity index (χ2v) is 13.4. The third-order valence-corrected chi connectivity index (χ3v) is 9.44. The fourth-order valence-electron chi connectivity index (χ4n) is 6.63. The molecule has 0 amide bonds. The van der Waals surface area contributed by atoms with Crippen LogP contribution in [0, 0.1) is 0 Å². The van der Waals surface area contributed by atoms with Gasteiger partial charge < -0.3 is 33.5 Å². The maximum atomic E-state index is 11.6. The topological polar surface area (TPSA) is 75.6 Å². The Bertz CT molecular complexity index is 1960. The van der Waals surface area contributed by atoms with Gasteiger partial charge in [-0.05, 0) is 39.9 Å². The van der Waals surface area contributed by atoms with Gasteiger partial charge in [0.25, 0.3) is 0 Å². The van der Waals surface area contributed by atoms with Crippen molar-refractivity contribution in [3.05, 3.63) is 203 Å². The Morgan fingerprint density at radius 2 is 0.870 bits per heavy atom. The first-order valence-electron chi connectivity index (χ1n) is 18.4. The lowest BCUT2D eigenvalue weighted by Gasteiger charge is -2.46. The number of rotatable bonds is 17. The highest BCUT2D eigenvalue weighted by molar-refractivity contribution is 5.42. The highest BCUT2D eigenvalue weighted by Crippen LogP contribution is 2.42. The Hall–Kier alpha value is -5.28. The molecule has 0 aromatic heterocycles. The molecule has 0 aliphatic carbocycles. The van der Waals surface area contributed by atoms with Gasteiger partial charge in [0.2, 0.25) is 0 Å². The number of phenolic OH excluding ortho intramolecular Hbond substituents is 1. The Labute approximate surface area is 317 Å². The first kappa shape index (κ1) is 37.1. The number of benzene rings is 6. The number of hydrogen-bond donors (Lipinski definition) is 1. The third-order valence-electron chi connectivity index (χ3n) is 9.44. The molecule has 7 nitrogen and oxygen atoms in total. The standard InChI is InChI=1S/C47H46O7/c48-42-28-40(50-30-36-18-8-2-9-19-36)26-27-41(42)44-46(52-32-38-22-12-4-13-23-38)47(53-33-39-24-14-5-15-25-39)45(51-31-37-20-10-3-11-21-37)43(54-44)34-49-29-35-16-6-1-7-17-35/h1-28,43-48H,29-34H2/t43-,44+,45-,46+,47+/m1/s1. The van der Waals surface area contributed by atoms with Gasteiger partial charge in [-0.3, -0.25) is 0 Å². The molecule has 7 heteroatoms. The van der Waals surface area contributed by atoms with Crippen molar-refractivity contribution in [3.63, 3.8) is 0 Å². The lowest BCUT2D eigenvalue weighted by molar-refractivity contribution is -0.275. The van der Waals surface area contributed by atoms with Crippen LogP contribution in [0.3, 0.4) is 0 Å². The van der Waals surface area contributed by atoms with E-state index in [-0.39, 0.29) is 12.4 Å². The van der Waals surface area contributed by atoms with E-state index in [2.05, 4.69) is 0 Å². The molecule has 0 bridgehead atoms. The normalized spacial score (nSPS) is 19.7. The van der Waals surface area contributed by atoms with E-state index in [0.717, 1.165) is 27.8 Å². The molecule has 1 N–H and O–H groups in total. The first-order valence-corrected chi connectivity index (χ1v) is 18.4. The van der Waals surface area contributed by atoms with Crippen molar-refractivity contribution in [1.82, 2.24) is 0 Å². The van der Waals surface area contributed by atoms with E-state index >= 15 is 0 Å². The summed E-state index contributed by atoms with van der Waals surface area (Å²) in [6.45, 7) is 1.96. The Morgan fingerprint density at radius 3 is 1.35 bits per heavy atom. The summed E-state index contributed by atoms with van der Waals surface area (Å²) in [6, 6.07) is 55.4. The van der Waals surface area contributed by atoms with Crippen LogP contribution in [0.25, 0.3) is 0 Å². The molecule has 1 saturated heterocycles. The van der Waals surface area contributed by atoms with Crippen LogP contribution in [-0.4, -0.2) is 36.1 Å². The van der Waals surface area contributed by atoms with E-state index in [1.54, 1.807) is 6.07 Å². The molecule has 276 valence electrons. The highest BCUT2D eigenvalue weighted by atomic mass is 16.6. The summed E-state index contributed by atoms with van der Waals surface area (Å²) < 4.78 is 39.9. The largest absolute Gasteiger partial charge is 0.507 e. The van der Waals surface area contributed by atoms with Crippen molar-refractivity contribution in [3.8, 4) is 11.5 Å². The zero-order valence-electron chi connectivity index (χ0n) is 30.2. The van der Waals surface area contributed by atoms with Gasteiger partial charge in [0.1, 0.15) is 48.6 Å². The van der Waals surface area contributed by atoms with E-state index in [1.807, 2.05) is 164 Å². The van der Waals surface area contributed by atoms with Crippen molar-refractivity contribution >= 4 is 0 Å². The first-order chi connectivity index (χ1) is 26.7. The molecule has 6 aromatic rings. The fourth-order valence-corrected chi connectivity index (χ4v) is 6.63. The molecule has 1 aliphatic heterocycles. The molecule has 1 heterocycles. The van der Waals surface area contributed by atoms with Crippen LogP contribution in [0.2, 0.25) is 0 Å². The smallest absolute Gasteiger partial charge is 0.125 e. The fraction of sp³-hybridized carbons (Fsp3) is 0.234. The monoisotopic (exact) mass is 722 g/mol. The van der Waals surface area contributed by atoms with Gasteiger partial charge >= 0.3 is 0 Å². The van der Waals surface area contributed by atoms with Gasteiger partial charge in [-0.1, -0.05) is 152 Å². The van der Waals surface area contributed by atoms with E-state index in [0.29, 0.717) is 44.3 Å². The van der Waals surface area contributed by atoms with Crippen LogP contribution in [0.15, 0.2) is 170 Å². The van der Waals surface area contributed by atoms with Gasteiger partial charge in [0.05, 0.1) is 33.0 Å². The Kier molecular flexibility index (Phi) is 13.2. The quantitative estimate of drug-likeness (QED) is 0.101. The third kappa shape index (κ3) is 10.2. The van der Waals surface area contributed by atoms with Gasteiger partial charge in [-0.25, -0.2) is 0 Å². The molecule has 0 spiro atoms. The molecule has 54 heavy (non-hydrogen) atoms. The van der Waals surface area contributed by atoms with Crippen molar-refractivity contribution < 1.29 is 33.5 Å². The second-order valence-electron chi connectivity index (χ2n) is 13.4. The lowest BCUT2D eigenvalue weighted by Crippen LogP contribution is -2.58. The van der Waals surface area contributed by atoms with Crippen molar-refractivity contribution in [2.45, 2.75) is 63.6 Å². The summed E-state index contributed by atoms with van der Waals surface area (Å²) in [7, 11) is 0. The zero-order valence-corrected chi connectivity index (χ0v) is 30.2. The minimum atomic E-state index is -0.737. The molecule has 0 saturated carbocycles. The molecule has 6 aromatic carbocycles. The molecular weight excluding hydrogens is 677 g/mol. The minimum Gasteiger partial charge on any atom is -0.507 e. The van der Waals surface area contributed by atoms with E-state index < -0.39 is 30.5 Å². The highest BCUT2D eigenvalue weighted by Gasteiger charge is 2.49. The maximum Gasteiger partial charge on any atom is 0.125 e. The summed E-state index contributed by atoms with van der Waals surface area (Å²) in [6.07, 6.45) is -3.19. The van der Waals surface area contributed by atoms with E-state index in [9.17, 15) is 5.11 Å². The SMILES string of the molecule is Oc1cc(OCc2ccccc2)ccc1[C@@H]1O[C@H](COCc2ccccc2)[C@@H](OCc2ccccc2)[C@H](OCc2ccccc2)[C@H]1OCc1ccccc1. The predicted molar refractivity (Wildman–Crippen MR) is 208 cm³/mol. The minimum absolute atomic E-state index is 0.0355. The molecule has 0 unspecified atom stereocenters. The van der Waals surface area contributed by atoms with Crippen LogP contribution in [0.4, 0.5) is 0 Å². The van der Waals surface area contributed by atoms with Gasteiger partial charge in [0, 0.05) is 11.6 Å². The van der Waals surface area contributed by atoms with Gasteiger partial charge in [-0.2, -0.15) is 0 Å². The average molecular weight is 723 g/mol. The van der Waals surface area contributed by atoms with Crippen molar-refractivity contribution in [2.75, 3.05) is 6.61 Å². The number of aromatic hydroxyl groups is 1. The zero-order chi connectivity index (χ0) is 36.8. The van der Waals surface area contributed by atoms with E-state index in [1.165, 1.54) is 0 Å². The molecule has 1 aliphatic rings. The lowest BCUT2D eigenvalue weighted by atomic mass is 9.89. The molecular formula is C47H46O7. The predicted octanol–water partition coefficient (Wildman–Crippen LogP) is 9.38. The second kappa shape index (κ2) is 19.2. The molecule has 0 radical (unpaired) electrons. The van der Waals surface area contributed by atoms with Crippen molar-refractivity contribution in [2.24, 2.45) is 0 Å². The molecule has 1 fully saturated rings. The van der Waals surface area contributed by atoms with Crippen LogP contribution < -0.4 is 4.74 Å². The Balaban J connectivity index is 1.22. The van der Waals surface area contributed by atoms with Crippen LogP contribution in [0.1, 0.15) is 39.5 Å². The van der Waals surface area contributed by atoms with E-state index in [4.69, 9.17) is 28.4 Å². The number of hydrogen-bond acceptors (Lipinski definition) is 7. The average Bonchev–Trinajstić information content (AvgIpc) is 3.23. The Morgan fingerprint density at radius 1 is 0.444 bits per heavy atom. The summed E-state index contributed by atoms with van der Waals surface area (Å²) >= 11 is 0. The summed E-state index contributed by atoms with van der Waals surface area (Å²) in [5, 5.41) is 11.6. The van der Waals surface area contributed by atoms with Crippen LogP contribution in [-0.2, 0) is 56.7 Å². The summed E-state index contributed by atoms with van der Waals surface area (Å²) in [5.41, 5.74) is 5.69. The van der Waals surface area contributed by atoms with Crippen LogP contribution >= 0.6 is 0 Å². The summed E-state index contributed by atoms with van der Waals surface area (Å²) in [4.78, 5) is 0. The molecule has 7 rings (SSSR count). The van der Waals surface area contributed by atoms with Gasteiger partial charge in [0.15, 0.2) is 0 Å². The van der Waals surface area contributed by atoms with Crippen LogP contribution in [0.5, 0.6) is 11.5 Å². The molecule has 5 atom stereocenters. The van der Waals surface area contributed by atoms with Crippen molar-refractivity contribution in [1.29, 1.82) is 0 Å². The summed E-state index contributed by atoms with van der Waals surface area (Å²) in [5.74, 6) is 0.578. The number of phenols is 1. The maximum absolute atomic E-state index is 11.6. The van der Waals surface area contributed by atoms with Gasteiger partial charge in [-0.15, -0.1) is 0 Å². The number of ether oxygens (including phenoxy) is 6.